The van der Waals surface area contributed by atoms with Gasteiger partial charge in [0.05, 0.1) is 11.9 Å². The van der Waals surface area contributed by atoms with Gasteiger partial charge in [0.25, 0.3) is 5.91 Å². The minimum absolute atomic E-state index is 0.140. The van der Waals surface area contributed by atoms with Crippen molar-refractivity contribution in [1.82, 2.24) is 20.3 Å². The van der Waals surface area contributed by atoms with Crippen molar-refractivity contribution in [1.29, 1.82) is 0 Å². The van der Waals surface area contributed by atoms with Gasteiger partial charge in [-0.3, -0.25) is 19.1 Å². The van der Waals surface area contributed by atoms with E-state index in [0.717, 1.165) is 12.0 Å². The first kappa shape index (κ1) is 30.6. The maximum Gasteiger partial charge on any atom is 0.408 e. The van der Waals surface area contributed by atoms with E-state index in [-0.39, 0.29) is 19.4 Å². The van der Waals surface area contributed by atoms with Crippen LogP contribution < -0.4 is 20.1 Å². The van der Waals surface area contributed by atoms with Crippen LogP contribution in [-0.2, 0) is 35.6 Å². The fourth-order valence-electron chi connectivity index (χ4n) is 5.14. The Labute approximate surface area is 240 Å². The van der Waals surface area contributed by atoms with E-state index in [1.165, 1.54) is 4.90 Å². The molecule has 3 aliphatic rings. The highest BCUT2D eigenvalue weighted by Crippen LogP contribution is 2.26. The summed E-state index contributed by atoms with van der Waals surface area (Å²) in [6.45, 7) is 5.66. The number of rotatable bonds is 4. The molecule has 1 saturated carbocycles. The molecule has 0 spiro atoms. The molecule has 2 bridgehead atoms. The van der Waals surface area contributed by atoms with Gasteiger partial charge in [0.1, 0.15) is 29.5 Å². The summed E-state index contributed by atoms with van der Waals surface area (Å²) in [5.74, 6) is -1.28. The van der Waals surface area contributed by atoms with E-state index in [1.807, 2.05) is 6.07 Å². The first-order valence-electron chi connectivity index (χ1n) is 14.2. The van der Waals surface area contributed by atoms with E-state index < -0.39 is 62.8 Å². The monoisotopic (exact) mass is 592 g/mol. The number of nitrogens with zero attached hydrogens (tertiary/aromatic N) is 1. The van der Waals surface area contributed by atoms with Crippen molar-refractivity contribution in [2.75, 3.05) is 13.2 Å². The van der Waals surface area contributed by atoms with Gasteiger partial charge in [-0.15, -0.1) is 0 Å². The molecule has 3 atom stereocenters. The molecule has 226 valence electrons. The van der Waals surface area contributed by atoms with Gasteiger partial charge < -0.3 is 25.0 Å². The summed E-state index contributed by atoms with van der Waals surface area (Å²) in [5, 5.41) is 4.75. The molecule has 4 rings (SSSR count). The van der Waals surface area contributed by atoms with Crippen molar-refractivity contribution in [3.8, 4) is 5.75 Å². The summed E-state index contributed by atoms with van der Waals surface area (Å²) in [7, 11) is -3.85. The van der Waals surface area contributed by atoms with Crippen LogP contribution in [0.2, 0.25) is 0 Å². The minimum Gasteiger partial charge on any atom is -0.494 e. The summed E-state index contributed by atoms with van der Waals surface area (Å²) < 4.78 is 38.6. The third-order valence-electron chi connectivity index (χ3n) is 7.44. The van der Waals surface area contributed by atoms with Crippen molar-refractivity contribution in [2.24, 2.45) is 0 Å². The van der Waals surface area contributed by atoms with Crippen LogP contribution in [0.1, 0.15) is 71.3 Å². The van der Waals surface area contributed by atoms with E-state index in [2.05, 4.69) is 15.4 Å². The Bertz CT molecular complexity index is 1260. The molecule has 2 heterocycles. The Morgan fingerprint density at radius 3 is 2.51 bits per heavy atom. The zero-order chi connectivity index (χ0) is 29.8. The molecular formula is C28H40N4O8S. The van der Waals surface area contributed by atoms with Crippen LogP contribution in [0, 0.1) is 0 Å². The predicted molar refractivity (Wildman–Crippen MR) is 149 cm³/mol. The quantitative estimate of drug-likeness (QED) is 0.477. The second-order valence-electron chi connectivity index (χ2n) is 11.9. The molecule has 0 aromatic heterocycles. The molecule has 41 heavy (non-hydrogen) atoms. The van der Waals surface area contributed by atoms with Gasteiger partial charge in [-0.05, 0) is 77.0 Å². The Morgan fingerprint density at radius 2 is 1.83 bits per heavy atom. The van der Waals surface area contributed by atoms with Gasteiger partial charge in [-0.25, -0.2) is 13.2 Å². The van der Waals surface area contributed by atoms with Gasteiger partial charge >= 0.3 is 6.09 Å². The van der Waals surface area contributed by atoms with E-state index in [4.69, 9.17) is 9.47 Å². The molecule has 0 unspecified atom stereocenters. The van der Waals surface area contributed by atoms with Crippen molar-refractivity contribution in [2.45, 2.75) is 101 Å². The highest BCUT2D eigenvalue weighted by atomic mass is 32.2. The van der Waals surface area contributed by atoms with Crippen molar-refractivity contribution in [3.05, 3.63) is 29.8 Å². The van der Waals surface area contributed by atoms with Crippen LogP contribution in [0.25, 0.3) is 0 Å². The standard InChI is InChI=1S/C28H40N4O8S/c1-28(2,3)40-27(36)30-22-17-18-8-4-9-19(16-18)39-15-7-12-21(24(33)31-41(37,38)20-10-5-11-20)29-25(34)23-13-6-14-32(23)26(22)35/h4,8-9,16,20-23H,5-7,10-15,17H2,1-3H3,(H,29,34)(H,30,36)(H,31,33)/t21-,22+,23+/m1/s1. The number of alkyl carbamates (subject to hydrolysis) is 1. The smallest absolute Gasteiger partial charge is 0.408 e. The number of amides is 4. The molecule has 2 aliphatic heterocycles. The zero-order valence-electron chi connectivity index (χ0n) is 23.8. The van der Waals surface area contributed by atoms with Crippen LogP contribution in [-0.4, -0.2) is 79.3 Å². The van der Waals surface area contributed by atoms with E-state index in [1.54, 1.807) is 39.0 Å². The summed E-state index contributed by atoms with van der Waals surface area (Å²) >= 11 is 0. The number of hydrogen-bond acceptors (Lipinski definition) is 8. The lowest BCUT2D eigenvalue weighted by Crippen LogP contribution is -2.57. The molecule has 4 amide bonds. The van der Waals surface area contributed by atoms with Gasteiger partial charge in [0.2, 0.25) is 21.8 Å². The first-order valence-corrected chi connectivity index (χ1v) is 15.7. The Kier molecular flexibility index (Phi) is 9.45. The molecule has 13 heteroatoms. The minimum atomic E-state index is -3.85. The molecule has 0 radical (unpaired) electrons. The summed E-state index contributed by atoms with van der Waals surface area (Å²) in [6, 6.07) is 4.10. The third kappa shape index (κ3) is 8.11. The Morgan fingerprint density at radius 1 is 1.07 bits per heavy atom. The van der Waals surface area contributed by atoms with E-state index >= 15 is 0 Å². The van der Waals surface area contributed by atoms with Gasteiger partial charge in [-0.2, -0.15) is 0 Å². The van der Waals surface area contributed by atoms with Gasteiger partial charge in [-0.1, -0.05) is 18.6 Å². The van der Waals surface area contributed by atoms with Crippen molar-refractivity contribution < 1.29 is 37.1 Å². The summed E-state index contributed by atoms with van der Waals surface area (Å²) in [4.78, 5) is 54.5. The molecule has 2 fully saturated rings. The average molecular weight is 593 g/mol. The third-order valence-corrected chi connectivity index (χ3v) is 9.27. The van der Waals surface area contributed by atoms with Gasteiger partial charge in [0.15, 0.2) is 0 Å². The normalized spacial score (nSPS) is 24.5. The van der Waals surface area contributed by atoms with Crippen molar-refractivity contribution in [3.63, 3.8) is 0 Å². The number of nitrogens with one attached hydrogen (secondary N) is 3. The van der Waals surface area contributed by atoms with Crippen LogP contribution in [0.4, 0.5) is 4.79 Å². The number of fused-ring (bicyclic) bond motifs is 3. The molecule has 12 nitrogen and oxygen atoms in total. The zero-order valence-corrected chi connectivity index (χ0v) is 24.6. The second-order valence-corrected chi connectivity index (χ2v) is 13.8. The number of ether oxygens (including phenoxy) is 2. The molecule has 1 aliphatic carbocycles. The van der Waals surface area contributed by atoms with Crippen LogP contribution in [0.15, 0.2) is 24.3 Å². The number of benzene rings is 1. The number of hydrogen-bond donors (Lipinski definition) is 3. The van der Waals surface area contributed by atoms with Crippen LogP contribution in [0.5, 0.6) is 5.75 Å². The molecule has 1 saturated heterocycles. The molecular weight excluding hydrogens is 552 g/mol. The molecule has 3 N–H and O–H groups in total. The molecule has 1 aromatic rings. The first-order chi connectivity index (χ1) is 19.3. The fourth-order valence-corrected chi connectivity index (χ4v) is 6.68. The number of sulfonamides is 1. The lowest BCUT2D eigenvalue weighted by Gasteiger charge is -2.30. The van der Waals surface area contributed by atoms with Crippen LogP contribution in [0.3, 0.4) is 0 Å². The molecule has 1 aromatic carbocycles. The van der Waals surface area contributed by atoms with Crippen LogP contribution >= 0.6 is 0 Å². The lowest BCUT2D eigenvalue weighted by atomic mass is 10.0. The lowest BCUT2D eigenvalue weighted by molar-refractivity contribution is -0.140. The average Bonchev–Trinajstić information content (AvgIpc) is 3.32. The van der Waals surface area contributed by atoms with Crippen molar-refractivity contribution >= 4 is 33.8 Å². The number of carbonyl (C=O) groups excluding carboxylic acids is 4. The van der Waals surface area contributed by atoms with E-state index in [9.17, 15) is 27.6 Å². The topological polar surface area (TPSA) is 160 Å². The number of carbonyl (C=O) groups is 4. The summed E-state index contributed by atoms with van der Waals surface area (Å²) in [6.07, 6.45) is 2.57. The fraction of sp³-hybridized carbons (Fsp3) is 0.643. The largest absolute Gasteiger partial charge is 0.494 e. The predicted octanol–water partition coefficient (Wildman–Crippen LogP) is 1.77. The maximum atomic E-state index is 13.8. The summed E-state index contributed by atoms with van der Waals surface area (Å²) in [5.41, 5.74) is -0.0382. The Balaban J connectivity index is 1.59. The Hall–Kier alpha value is -3.35. The highest BCUT2D eigenvalue weighted by molar-refractivity contribution is 7.90. The highest BCUT2D eigenvalue weighted by Gasteiger charge is 2.40. The second kappa shape index (κ2) is 12.7. The van der Waals surface area contributed by atoms with E-state index in [0.29, 0.717) is 44.4 Å². The maximum absolute atomic E-state index is 13.8. The van der Waals surface area contributed by atoms with Gasteiger partial charge in [0, 0.05) is 13.0 Å². The SMILES string of the molecule is CC(C)(C)OC(=O)N[C@H]1Cc2cccc(c2)OCCC[C@H](C(=O)NS(=O)(=O)C2CCC2)NC(=O)[C@@H]2CCCN2C1=O.